The summed E-state index contributed by atoms with van der Waals surface area (Å²) in [6.45, 7) is 7.00. The predicted molar refractivity (Wildman–Crippen MR) is 84.5 cm³/mol. The zero-order valence-corrected chi connectivity index (χ0v) is 13.4. The molecule has 0 heterocycles. The highest BCUT2D eigenvalue weighted by Crippen LogP contribution is 2.23. The Balaban J connectivity index is 0.00000400. The van der Waals surface area contributed by atoms with Gasteiger partial charge < -0.3 is 11.1 Å². The second kappa shape index (κ2) is 7.95. The fraction of sp³-hybridized carbons (Fsp3) is 0.500. The number of aryl methyl sites for hydroxylation is 1. The minimum Gasteiger partial charge on any atom is -0.349 e. The molecule has 7 heteroatoms. The van der Waals surface area contributed by atoms with Gasteiger partial charge in [-0.15, -0.1) is 12.4 Å². The number of nitro benzene ring substituents is 1. The van der Waals surface area contributed by atoms with E-state index in [-0.39, 0.29) is 42.0 Å². The van der Waals surface area contributed by atoms with Gasteiger partial charge in [-0.25, -0.2) is 0 Å². The van der Waals surface area contributed by atoms with Crippen LogP contribution >= 0.6 is 12.4 Å². The lowest BCUT2D eigenvalue weighted by Crippen LogP contribution is -2.39. The summed E-state index contributed by atoms with van der Waals surface area (Å²) in [5.74, 6) is -0.464. The number of carbonyl (C=O) groups is 1. The molecule has 3 atom stereocenters. The summed E-state index contributed by atoms with van der Waals surface area (Å²) in [5, 5.41) is 13.7. The third-order valence-corrected chi connectivity index (χ3v) is 3.49. The van der Waals surface area contributed by atoms with Crippen molar-refractivity contribution in [3.8, 4) is 0 Å². The van der Waals surface area contributed by atoms with Gasteiger partial charge in [0.05, 0.1) is 11.0 Å². The van der Waals surface area contributed by atoms with Crippen LogP contribution in [0, 0.1) is 23.0 Å². The van der Waals surface area contributed by atoms with E-state index in [0.29, 0.717) is 11.1 Å². The zero-order valence-electron chi connectivity index (χ0n) is 12.6. The van der Waals surface area contributed by atoms with Crippen molar-refractivity contribution in [1.82, 2.24) is 5.32 Å². The molecule has 118 valence electrons. The predicted octanol–water partition coefficient (Wildman–Crippen LogP) is 2.49. The third kappa shape index (κ3) is 4.99. The average Bonchev–Trinajstić information content (AvgIpc) is 2.37. The van der Waals surface area contributed by atoms with E-state index in [9.17, 15) is 14.9 Å². The van der Waals surface area contributed by atoms with Crippen LogP contribution in [0.1, 0.15) is 37.9 Å². The zero-order chi connectivity index (χ0) is 15.4. The SMILES string of the molecule is Cc1ccc(C(C)NC(=O)C(C)C(C)N)cc1[N+](=O)[O-].Cl. The fourth-order valence-electron chi connectivity index (χ4n) is 1.76. The van der Waals surface area contributed by atoms with Crippen LogP contribution in [-0.2, 0) is 4.79 Å². The van der Waals surface area contributed by atoms with E-state index < -0.39 is 4.92 Å². The molecular weight excluding hydrogens is 294 g/mol. The Hall–Kier alpha value is -1.66. The van der Waals surface area contributed by atoms with E-state index in [2.05, 4.69) is 5.32 Å². The van der Waals surface area contributed by atoms with Crippen molar-refractivity contribution in [3.05, 3.63) is 39.4 Å². The summed E-state index contributed by atoms with van der Waals surface area (Å²) >= 11 is 0. The van der Waals surface area contributed by atoms with Gasteiger partial charge in [-0.05, 0) is 26.3 Å². The second-order valence-corrected chi connectivity index (χ2v) is 5.18. The smallest absolute Gasteiger partial charge is 0.272 e. The maximum atomic E-state index is 11.9. The number of amides is 1. The maximum absolute atomic E-state index is 11.9. The van der Waals surface area contributed by atoms with Gasteiger partial charge in [-0.2, -0.15) is 0 Å². The molecule has 1 aromatic carbocycles. The molecule has 0 saturated carbocycles. The van der Waals surface area contributed by atoms with E-state index in [4.69, 9.17) is 5.73 Å². The first-order chi connectivity index (χ1) is 9.23. The molecule has 0 spiro atoms. The summed E-state index contributed by atoms with van der Waals surface area (Å²) < 4.78 is 0. The molecular formula is C14H22ClN3O3. The third-order valence-electron chi connectivity index (χ3n) is 3.49. The number of nitrogens with zero attached hydrogens (tertiary/aromatic N) is 1. The van der Waals surface area contributed by atoms with Crippen molar-refractivity contribution >= 4 is 24.0 Å². The van der Waals surface area contributed by atoms with Gasteiger partial charge in [0.15, 0.2) is 0 Å². The molecule has 6 nitrogen and oxygen atoms in total. The lowest BCUT2D eigenvalue weighted by atomic mass is 10.0. The number of hydrogen-bond acceptors (Lipinski definition) is 4. The van der Waals surface area contributed by atoms with Crippen molar-refractivity contribution < 1.29 is 9.72 Å². The molecule has 0 aliphatic rings. The molecule has 0 aromatic heterocycles. The summed E-state index contributed by atoms with van der Waals surface area (Å²) in [5.41, 5.74) is 7.04. The van der Waals surface area contributed by atoms with Gasteiger partial charge in [-0.3, -0.25) is 14.9 Å². The number of nitro groups is 1. The molecule has 1 rings (SSSR count). The van der Waals surface area contributed by atoms with Crippen LogP contribution in [0.5, 0.6) is 0 Å². The normalized spacial score (nSPS) is 14.5. The summed E-state index contributed by atoms with van der Waals surface area (Å²) in [6.07, 6.45) is 0. The highest BCUT2D eigenvalue weighted by molar-refractivity contribution is 5.85. The van der Waals surface area contributed by atoms with E-state index >= 15 is 0 Å². The number of halogens is 1. The van der Waals surface area contributed by atoms with Crippen molar-refractivity contribution in [1.29, 1.82) is 0 Å². The molecule has 21 heavy (non-hydrogen) atoms. The van der Waals surface area contributed by atoms with E-state index in [0.717, 1.165) is 0 Å². The molecule has 1 amide bonds. The molecule has 3 unspecified atom stereocenters. The quantitative estimate of drug-likeness (QED) is 0.644. The molecule has 0 bridgehead atoms. The van der Waals surface area contributed by atoms with Crippen LogP contribution in [0.4, 0.5) is 5.69 Å². The number of carbonyl (C=O) groups excluding carboxylic acids is 1. The molecule has 0 aliphatic heterocycles. The van der Waals surface area contributed by atoms with Crippen LogP contribution < -0.4 is 11.1 Å². The topological polar surface area (TPSA) is 98.3 Å². The van der Waals surface area contributed by atoms with Gasteiger partial charge in [0.1, 0.15) is 0 Å². The lowest BCUT2D eigenvalue weighted by Gasteiger charge is -2.20. The van der Waals surface area contributed by atoms with Crippen LogP contribution in [0.2, 0.25) is 0 Å². The van der Waals surface area contributed by atoms with Gasteiger partial charge >= 0.3 is 0 Å². The standard InChI is InChI=1S/C14H21N3O3.ClH/c1-8-5-6-12(7-13(8)17(19)20)11(4)16-14(18)9(2)10(3)15;/h5-7,9-11H,15H2,1-4H3,(H,16,18);1H. The number of benzene rings is 1. The van der Waals surface area contributed by atoms with Crippen LogP contribution in [0.25, 0.3) is 0 Å². The van der Waals surface area contributed by atoms with Crippen LogP contribution in [0.15, 0.2) is 18.2 Å². The highest BCUT2D eigenvalue weighted by Gasteiger charge is 2.20. The Morgan fingerprint density at radius 1 is 1.33 bits per heavy atom. The van der Waals surface area contributed by atoms with Gasteiger partial charge in [0.2, 0.25) is 5.91 Å². The van der Waals surface area contributed by atoms with E-state index in [1.54, 1.807) is 39.8 Å². The molecule has 0 saturated heterocycles. The minimum absolute atomic E-state index is 0. The first kappa shape index (κ1) is 19.3. The molecule has 0 radical (unpaired) electrons. The molecule has 3 N–H and O–H groups in total. The van der Waals surface area contributed by atoms with E-state index in [1.807, 2.05) is 0 Å². The Morgan fingerprint density at radius 2 is 1.90 bits per heavy atom. The number of nitrogens with one attached hydrogen (secondary N) is 1. The Labute approximate surface area is 130 Å². The Bertz CT molecular complexity index is 520. The van der Waals surface area contributed by atoms with E-state index in [1.165, 1.54) is 6.07 Å². The number of rotatable bonds is 5. The molecule has 0 aliphatic carbocycles. The second-order valence-electron chi connectivity index (χ2n) is 5.18. The number of nitrogens with two attached hydrogens (primary N) is 1. The van der Waals surface area contributed by atoms with Gasteiger partial charge in [0.25, 0.3) is 5.69 Å². The molecule has 0 fully saturated rings. The maximum Gasteiger partial charge on any atom is 0.272 e. The Kier molecular flexibility index (Phi) is 7.32. The van der Waals surface area contributed by atoms with Gasteiger partial charge in [-0.1, -0.05) is 19.1 Å². The highest BCUT2D eigenvalue weighted by atomic mass is 35.5. The summed E-state index contributed by atoms with van der Waals surface area (Å²) in [7, 11) is 0. The van der Waals surface area contributed by atoms with Gasteiger partial charge in [0, 0.05) is 23.6 Å². The van der Waals surface area contributed by atoms with Crippen molar-refractivity contribution in [2.75, 3.05) is 0 Å². The van der Waals surface area contributed by atoms with Crippen molar-refractivity contribution in [2.45, 2.75) is 39.8 Å². The first-order valence-corrected chi connectivity index (χ1v) is 6.55. The minimum atomic E-state index is -0.419. The van der Waals surface area contributed by atoms with Crippen molar-refractivity contribution in [2.24, 2.45) is 11.7 Å². The van der Waals surface area contributed by atoms with Crippen LogP contribution in [0.3, 0.4) is 0 Å². The van der Waals surface area contributed by atoms with Crippen molar-refractivity contribution in [3.63, 3.8) is 0 Å². The largest absolute Gasteiger partial charge is 0.349 e. The average molecular weight is 316 g/mol. The van der Waals surface area contributed by atoms with Crippen LogP contribution in [-0.4, -0.2) is 16.9 Å². The fourth-order valence-corrected chi connectivity index (χ4v) is 1.76. The summed E-state index contributed by atoms with van der Waals surface area (Å²) in [6, 6.07) is 4.42. The monoisotopic (exact) mass is 315 g/mol. The lowest BCUT2D eigenvalue weighted by molar-refractivity contribution is -0.385. The number of hydrogen-bond donors (Lipinski definition) is 2. The Morgan fingerprint density at radius 3 is 2.38 bits per heavy atom. The summed E-state index contributed by atoms with van der Waals surface area (Å²) in [4.78, 5) is 22.4. The molecule has 1 aromatic rings. The first-order valence-electron chi connectivity index (χ1n) is 6.55.